The van der Waals surface area contributed by atoms with E-state index >= 15 is 0 Å². The fourth-order valence-electron chi connectivity index (χ4n) is 4.77. The number of rotatable bonds is 10. The Labute approximate surface area is 237 Å². The summed E-state index contributed by atoms with van der Waals surface area (Å²) in [6.07, 6.45) is 9.50. The molecular weight excluding hydrogens is 533 g/mol. The first-order chi connectivity index (χ1) is 19.7. The molecule has 2 heterocycles. The van der Waals surface area contributed by atoms with Gasteiger partial charge in [0.15, 0.2) is 0 Å². The number of para-hydroxylation sites is 2. The maximum absolute atomic E-state index is 13.3. The molecule has 41 heavy (non-hydrogen) atoms. The average Bonchev–Trinajstić information content (AvgIpc) is 2.96. The number of anilines is 3. The topological polar surface area (TPSA) is 112 Å². The van der Waals surface area contributed by atoms with Gasteiger partial charge in [-0.3, -0.25) is 9.59 Å². The molecule has 2 atom stereocenters. The Balaban J connectivity index is 1.38. The van der Waals surface area contributed by atoms with Crippen LogP contribution in [0.25, 0.3) is 0 Å². The van der Waals surface area contributed by atoms with E-state index in [-0.39, 0.29) is 17.5 Å². The zero-order valence-corrected chi connectivity index (χ0v) is 22.7. The summed E-state index contributed by atoms with van der Waals surface area (Å²) in [6, 6.07) is 8.32. The molecule has 4 rings (SSSR count). The Kier molecular flexibility index (Phi) is 10.3. The molecule has 0 saturated carbocycles. The van der Waals surface area contributed by atoms with Crippen molar-refractivity contribution in [2.75, 3.05) is 42.5 Å². The average molecular weight is 569 g/mol. The van der Waals surface area contributed by atoms with E-state index in [2.05, 4.69) is 25.8 Å². The highest BCUT2D eigenvalue weighted by molar-refractivity contribution is 6.01. The van der Waals surface area contributed by atoms with E-state index in [0.717, 1.165) is 50.3 Å². The van der Waals surface area contributed by atoms with Gasteiger partial charge in [-0.1, -0.05) is 42.9 Å². The summed E-state index contributed by atoms with van der Waals surface area (Å²) in [5.41, 5.74) is 6.79. The minimum Gasteiger partial charge on any atom is -0.397 e. The van der Waals surface area contributed by atoms with Gasteiger partial charge in [0, 0.05) is 13.1 Å². The number of nitrogens with two attached hydrogens (primary N) is 1. The van der Waals surface area contributed by atoms with Gasteiger partial charge in [0.2, 0.25) is 11.8 Å². The van der Waals surface area contributed by atoms with Gasteiger partial charge in [0.05, 0.1) is 23.3 Å². The van der Waals surface area contributed by atoms with Crippen LogP contribution in [-0.4, -0.2) is 53.9 Å². The van der Waals surface area contributed by atoms with Gasteiger partial charge in [-0.25, -0.2) is 4.98 Å². The second-order valence-electron chi connectivity index (χ2n) is 10.1. The Morgan fingerprint density at radius 1 is 1.10 bits per heavy atom. The number of carbonyl (C=O) groups is 2. The first-order valence-electron chi connectivity index (χ1n) is 13.7. The normalized spacial score (nSPS) is 18.6. The zero-order chi connectivity index (χ0) is 29.2. The maximum Gasteiger partial charge on any atom is 0.433 e. The Morgan fingerprint density at radius 2 is 1.88 bits per heavy atom. The van der Waals surface area contributed by atoms with Crippen LogP contribution in [0.15, 0.2) is 78.5 Å². The summed E-state index contributed by atoms with van der Waals surface area (Å²) in [5.74, 6) is -0.739. The van der Waals surface area contributed by atoms with Crippen molar-refractivity contribution in [3.05, 3.63) is 84.2 Å². The summed E-state index contributed by atoms with van der Waals surface area (Å²) in [6.45, 7) is 3.41. The first kappa shape index (κ1) is 30.0. The highest BCUT2D eigenvalue weighted by atomic mass is 19.4. The van der Waals surface area contributed by atoms with Crippen LogP contribution in [0.2, 0.25) is 0 Å². The zero-order valence-electron chi connectivity index (χ0n) is 22.7. The number of piperidine rings is 1. The van der Waals surface area contributed by atoms with Crippen LogP contribution in [0.3, 0.4) is 0 Å². The highest BCUT2D eigenvalue weighted by Gasteiger charge is 2.32. The molecular formula is C30H35F3N6O2. The van der Waals surface area contributed by atoms with E-state index in [1.54, 1.807) is 30.3 Å². The fraction of sp³-hybridized carbons (Fsp3) is 0.367. The van der Waals surface area contributed by atoms with Gasteiger partial charge < -0.3 is 26.6 Å². The number of alkyl halides is 3. The van der Waals surface area contributed by atoms with Crippen LogP contribution in [0, 0.1) is 5.92 Å². The number of nitrogens with one attached hydrogen (secondary N) is 3. The molecule has 1 aliphatic carbocycles. The monoisotopic (exact) mass is 568 g/mol. The summed E-state index contributed by atoms with van der Waals surface area (Å²) < 4.78 is 38.6. The predicted octanol–water partition coefficient (Wildman–Crippen LogP) is 4.76. The number of hydrogen-bond acceptors (Lipinski definition) is 6. The van der Waals surface area contributed by atoms with Crippen molar-refractivity contribution < 1.29 is 22.8 Å². The molecule has 1 saturated heterocycles. The molecule has 218 valence electrons. The minimum absolute atomic E-state index is 0.0474. The lowest BCUT2D eigenvalue weighted by Gasteiger charge is -2.28. The van der Waals surface area contributed by atoms with Crippen LogP contribution < -0.4 is 21.7 Å². The molecule has 0 bridgehead atoms. The fourth-order valence-corrected chi connectivity index (χ4v) is 4.77. The second kappa shape index (κ2) is 14.1. The number of aromatic nitrogens is 1. The van der Waals surface area contributed by atoms with E-state index in [1.807, 2.05) is 18.2 Å². The molecule has 2 aliphatic rings. The second-order valence-corrected chi connectivity index (χ2v) is 10.1. The standard InChI is InChI=1S/C30H35F3N6O2/c31-30(32,33)26-14-13-23(20-36-26)37-29(41)28(35-16-19-39-17-4-1-5-18-39)22-11-8-21(9-12-22)10-15-27(40)38-25-7-3-2-6-24(25)34/h2-3,6-8,10-15,20-21,28,35H,1,4-5,9,16-19,34H2,(H,37,41)(H,38,40)/b15-10+. The molecule has 2 unspecified atom stereocenters. The smallest absolute Gasteiger partial charge is 0.397 e. The Hall–Kier alpha value is -3.96. The van der Waals surface area contributed by atoms with E-state index in [4.69, 9.17) is 5.73 Å². The van der Waals surface area contributed by atoms with E-state index in [0.29, 0.717) is 24.3 Å². The number of nitrogen functional groups attached to an aromatic ring is 1. The van der Waals surface area contributed by atoms with Gasteiger partial charge in [-0.2, -0.15) is 13.2 Å². The quantitative estimate of drug-likeness (QED) is 0.243. The van der Waals surface area contributed by atoms with Gasteiger partial charge in [-0.15, -0.1) is 0 Å². The van der Waals surface area contributed by atoms with Crippen molar-refractivity contribution in [3.63, 3.8) is 0 Å². The number of likely N-dealkylation sites (tertiary alicyclic amines) is 1. The molecule has 1 aromatic carbocycles. The van der Waals surface area contributed by atoms with Gasteiger partial charge in [-0.05, 0) is 74.2 Å². The van der Waals surface area contributed by atoms with E-state index in [9.17, 15) is 22.8 Å². The van der Waals surface area contributed by atoms with Crippen LogP contribution in [-0.2, 0) is 15.8 Å². The first-order valence-corrected chi connectivity index (χ1v) is 13.7. The van der Waals surface area contributed by atoms with Crippen LogP contribution in [0.5, 0.6) is 0 Å². The maximum atomic E-state index is 13.3. The molecule has 11 heteroatoms. The number of allylic oxidation sites excluding steroid dienone is 3. The number of halogens is 3. The third kappa shape index (κ3) is 9.02. The third-order valence-corrected chi connectivity index (χ3v) is 7.02. The van der Waals surface area contributed by atoms with Gasteiger partial charge in [0.25, 0.3) is 0 Å². The predicted molar refractivity (Wildman–Crippen MR) is 154 cm³/mol. The number of amides is 2. The van der Waals surface area contributed by atoms with E-state index < -0.39 is 23.8 Å². The van der Waals surface area contributed by atoms with Crippen molar-refractivity contribution in [1.29, 1.82) is 0 Å². The SMILES string of the molecule is Nc1ccccc1NC(=O)/C=C/C1C=CC(C(NCCN2CCCCC2)C(=O)Nc2ccc(C(F)(F)F)nc2)=CC1. The molecule has 0 spiro atoms. The van der Waals surface area contributed by atoms with Gasteiger partial charge in [0.1, 0.15) is 11.7 Å². The number of benzene rings is 1. The number of pyridine rings is 1. The lowest BCUT2D eigenvalue weighted by atomic mass is 9.92. The van der Waals surface area contributed by atoms with Crippen molar-refractivity contribution in [2.45, 2.75) is 37.9 Å². The van der Waals surface area contributed by atoms with Gasteiger partial charge >= 0.3 is 6.18 Å². The van der Waals surface area contributed by atoms with Crippen LogP contribution in [0.1, 0.15) is 31.4 Å². The lowest BCUT2D eigenvalue weighted by molar-refractivity contribution is -0.141. The largest absolute Gasteiger partial charge is 0.433 e. The van der Waals surface area contributed by atoms with Crippen LogP contribution >= 0.6 is 0 Å². The Morgan fingerprint density at radius 3 is 2.54 bits per heavy atom. The molecule has 8 nitrogen and oxygen atoms in total. The number of hydrogen-bond donors (Lipinski definition) is 4. The van der Waals surface area contributed by atoms with Crippen molar-refractivity contribution in [1.82, 2.24) is 15.2 Å². The van der Waals surface area contributed by atoms with E-state index in [1.165, 1.54) is 18.6 Å². The van der Waals surface area contributed by atoms with Crippen LogP contribution in [0.4, 0.5) is 30.2 Å². The summed E-state index contributed by atoms with van der Waals surface area (Å²) in [5, 5.41) is 8.76. The Bertz CT molecular complexity index is 1280. The molecule has 1 aromatic heterocycles. The highest BCUT2D eigenvalue weighted by Crippen LogP contribution is 2.28. The molecule has 1 aliphatic heterocycles. The van der Waals surface area contributed by atoms with Crippen molar-refractivity contribution >= 4 is 28.9 Å². The number of carbonyl (C=O) groups excluding carboxylic acids is 2. The summed E-state index contributed by atoms with van der Waals surface area (Å²) >= 11 is 0. The third-order valence-electron chi connectivity index (χ3n) is 7.02. The van der Waals surface area contributed by atoms with Crippen molar-refractivity contribution in [3.8, 4) is 0 Å². The molecule has 2 aromatic rings. The summed E-state index contributed by atoms with van der Waals surface area (Å²) in [7, 11) is 0. The minimum atomic E-state index is -4.56. The molecule has 5 N–H and O–H groups in total. The van der Waals surface area contributed by atoms with Crippen molar-refractivity contribution in [2.24, 2.45) is 5.92 Å². The molecule has 2 amide bonds. The number of nitrogens with zero attached hydrogens (tertiary/aromatic N) is 2. The molecule has 0 radical (unpaired) electrons. The lowest BCUT2D eigenvalue weighted by Crippen LogP contribution is -2.45. The molecule has 1 fully saturated rings. The summed E-state index contributed by atoms with van der Waals surface area (Å²) in [4.78, 5) is 31.4.